The van der Waals surface area contributed by atoms with Gasteiger partial charge in [-0.05, 0) is 73.2 Å². The minimum absolute atomic E-state index is 0. The van der Waals surface area contributed by atoms with Crippen LogP contribution >= 0.6 is 0 Å². The second kappa shape index (κ2) is 29.8. The molecule has 0 radical (unpaired) electrons. The Balaban J connectivity index is 0.000000621. The van der Waals surface area contributed by atoms with Crippen LogP contribution in [0.3, 0.4) is 0 Å². The van der Waals surface area contributed by atoms with Crippen molar-refractivity contribution in [1.82, 2.24) is 0 Å². The summed E-state index contributed by atoms with van der Waals surface area (Å²) in [5.74, 6) is -0.898. The van der Waals surface area contributed by atoms with E-state index in [2.05, 4.69) is 13.8 Å². The second-order valence-corrected chi connectivity index (χ2v) is 20.4. The summed E-state index contributed by atoms with van der Waals surface area (Å²) in [5.41, 5.74) is 0.987. The van der Waals surface area contributed by atoms with Crippen LogP contribution in [-0.4, -0.2) is 51.9 Å². The summed E-state index contributed by atoms with van der Waals surface area (Å²) in [7, 11) is -18.9. The quantitative estimate of drug-likeness (QED) is 0.0495. The zero-order valence-electron chi connectivity index (χ0n) is 37.2. The maximum absolute atomic E-state index is 11.8. The molecule has 0 heterocycles. The Labute approximate surface area is 424 Å². The van der Waals surface area contributed by atoms with Crippen molar-refractivity contribution in [3.05, 3.63) is 96.1 Å². The van der Waals surface area contributed by atoms with E-state index >= 15 is 0 Å². The first-order valence-corrected chi connectivity index (χ1v) is 26.6. The van der Waals surface area contributed by atoms with Gasteiger partial charge in [0.2, 0.25) is 0 Å². The van der Waals surface area contributed by atoms with Crippen LogP contribution in [0, 0.1) is 0 Å². The van der Waals surface area contributed by atoms with Crippen LogP contribution in [0.4, 0.5) is 0 Å². The molecule has 0 saturated carbocycles. The van der Waals surface area contributed by atoms with Crippen molar-refractivity contribution in [2.24, 2.45) is 0 Å². The summed E-state index contributed by atoms with van der Waals surface area (Å²) in [5, 5.41) is 0. The molecule has 4 aromatic carbocycles. The van der Waals surface area contributed by atoms with E-state index < -0.39 is 60.1 Å². The van der Waals surface area contributed by atoms with E-state index in [9.17, 15) is 51.9 Å². The first-order chi connectivity index (χ1) is 29.3. The molecule has 0 atom stereocenters. The van der Waals surface area contributed by atoms with Crippen LogP contribution in [0.2, 0.25) is 0 Å². The molecule has 2 N–H and O–H groups in total. The van der Waals surface area contributed by atoms with Gasteiger partial charge >= 0.3 is 59.1 Å². The Hall–Kier alpha value is -1.88. The van der Waals surface area contributed by atoms with Crippen LogP contribution in [-0.2, 0) is 53.3 Å². The summed E-state index contributed by atoms with van der Waals surface area (Å²) in [4.78, 5) is -2.14. The van der Waals surface area contributed by atoms with Gasteiger partial charge in [-0.3, -0.25) is 9.11 Å². The number of rotatable bonds is 26. The number of ether oxygens (including phenoxy) is 2. The van der Waals surface area contributed by atoms with Gasteiger partial charge in [-0.15, -0.1) is 0 Å². The Kier molecular flexibility index (Phi) is 28.0. The normalized spacial score (nSPS) is 11.7. The van der Waals surface area contributed by atoms with E-state index in [0.29, 0.717) is 24.0 Å². The molecule has 0 aliphatic carbocycles. The van der Waals surface area contributed by atoms with Crippen molar-refractivity contribution in [3.63, 3.8) is 0 Å². The molecule has 0 saturated heterocycles. The van der Waals surface area contributed by atoms with E-state index in [4.69, 9.17) is 9.47 Å². The number of hydrogen-bond donors (Lipinski definition) is 2. The molecule has 0 aliphatic rings. The third kappa shape index (κ3) is 21.0. The van der Waals surface area contributed by atoms with Gasteiger partial charge in [0.05, 0.1) is 9.79 Å². The van der Waals surface area contributed by atoms with E-state index in [-0.39, 0.29) is 82.1 Å². The maximum atomic E-state index is 11.8. The largest absolute Gasteiger partial charge is 1.00 e. The molecule has 0 aromatic heterocycles. The molecule has 0 amide bonds. The van der Waals surface area contributed by atoms with Crippen LogP contribution in [0.1, 0.15) is 128 Å². The Morgan fingerprint density at radius 1 is 0.406 bits per heavy atom. The maximum Gasteiger partial charge on any atom is 1.00 e. The molecular formula is C44H58Na2O14S4. The fraction of sp³-hybridized carbons (Fsp3) is 0.455. The van der Waals surface area contributed by atoms with Gasteiger partial charge < -0.3 is 18.6 Å². The van der Waals surface area contributed by atoms with Crippen molar-refractivity contribution in [1.29, 1.82) is 0 Å². The predicted molar refractivity (Wildman–Crippen MR) is 234 cm³/mol. The molecular weight excluding hydrogens is 927 g/mol. The van der Waals surface area contributed by atoms with E-state index in [1.165, 1.54) is 99.9 Å². The number of para-hydroxylation sites is 4. The summed E-state index contributed by atoms with van der Waals surface area (Å²) in [6, 6.07) is 19.1. The molecule has 14 nitrogen and oxygen atoms in total. The molecule has 0 aliphatic heterocycles. The van der Waals surface area contributed by atoms with Gasteiger partial charge in [-0.1, -0.05) is 152 Å². The average molecular weight is 985 g/mol. The number of benzene rings is 4. The van der Waals surface area contributed by atoms with Crippen LogP contribution in [0.15, 0.2) is 105 Å². The second-order valence-electron chi connectivity index (χ2n) is 14.9. The molecule has 0 fully saturated rings. The first kappa shape index (κ1) is 60.1. The number of unbranched alkanes of at least 4 members (excludes halogenated alkanes) is 14. The van der Waals surface area contributed by atoms with E-state index in [1.807, 2.05) is 0 Å². The van der Waals surface area contributed by atoms with Gasteiger partial charge in [0.1, 0.15) is 53.0 Å². The summed E-state index contributed by atoms with van der Waals surface area (Å²) in [6.45, 7) is 4.34. The van der Waals surface area contributed by atoms with Gasteiger partial charge in [0.25, 0.3) is 20.2 Å². The van der Waals surface area contributed by atoms with Gasteiger partial charge in [0.15, 0.2) is 0 Å². The Morgan fingerprint density at radius 2 is 0.688 bits per heavy atom. The van der Waals surface area contributed by atoms with E-state index in [1.54, 1.807) is 12.1 Å². The van der Waals surface area contributed by atoms with Crippen molar-refractivity contribution in [2.45, 2.75) is 149 Å². The standard InChI is InChI=1S/2C22H30O7S2.2Na/c2*1-2-3-4-5-6-7-8-9-13-18-14-12-17-21(31(26,27)28)22(18)29-19-15-10-11-16-20(19)30(23,24)25;;/h2*10-12,14-17H,2-9,13H2,1H3,(H,23,24,25)(H,26,27,28);;/q;;2*+1/p-2. The smallest absolute Gasteiger partial charge is 0.744 e. The zero-order chi connectivity index (χ0) is 45.8. The van der Waals surface area contributed by atoms with Crippen LogP contribution in [0.5, 0.6) is 23.0 Å². The molecule has 4 aromatic rings. The van der Waals surface area contributed by atoms with Crippen LogP contribution < -0.4 is 68.6 Å². The van der Waals surface area contributed by atoms with Crippen molar-refractivity contribution in [2.75, 3.05) is 0 Å². The van der Waals surface area contributed by atoms with Gasteiger partial charge in [-0.2, -0.15) is 16.8 Å². The fourth-order valence-corrected chi connectivity index (χ4v) is 9.27. The minimum atomic E-state index is -4.86. The topological polar surface area (TPSA) is 242 Å². The van der Waals surface area contributed by atoms with Gasteiger partial charge in [-0.25, -0.2) is 16.8 Å². The fourth-order valence-electron chi connectivity index (χ4n) is 6.76. The van der Waals surface area contributed by atoms with E-state index in [0.717, 1.165) is 75.6 Å². The summed E-state index contributed by atoms with van der Waals surface area (Å²) in [6.07, 6.45) is 18.5. The monoisotopic (exact) mass is 984 g/mol. The summed E-state index contributed by atoms with van der Waals surface area (Å²) >= 11 is 0. The molecule has 0 bridgehead atoms. The molecule has 0 unspecified atom stereocenters. The molecule has 344 valence electrons. The van der Waals surface area contributed by atoms with Crippen molar-refractivity contribution in [3.8, 4) is 23.0 Å². The third-order valence-electron chi connectivity index (χ3n) is 9.94. The molecule has 4 rings (SSSR count). The molecule has 0 spiro atoms. The molecule has 64 heavy (non-hydrogen) atoms. The van der Waals surface area contributed by atoms with Crippen molar-refractivity contribution < 1.29 is 120 Å². The zero-order valence-corrected chi connectivity index (χ0v) is 44.5. The van der Waals surface area contributed by atoms with Gasteiger partial charge in [0, 0.05) is 0 Å². The Morgan fingerprint density at radius 3 is 0.984 bits per heavy atom. The van der Waals surface area contributed by atoms with Crippen LogP contribution in [0.25, 0.3) is 0 Å². The summed E-state index contributed by atoms with van der Waals surface area (Å²) < 4.78 is 147. The average Bonchev–Trinajstić information content (AvgIpc) is 3.20. The number of aryl methyl sites for hydroxylation is 2. The SMILES string of the molecule is CCCCCCCCCCc1cccc(S(=O)(=O)[O-])c1Oc1ccccc1S(=O)(=O)O.CCCCCCCCCCc1cccc(S(=O)(=O)[O-])c1Oc1ccccc1S(=O)(=O)O.[Na+].[Na+]. The predicted octanol–water partition coefficient (Wildman–Crippen LogP) is 4.63. The van der Waals surface area contributed by atoms with Crippen molar-refractivity contribution >= 4 is 40.5 Å². The number of hydrogen-bond acceptors (Lipinski definition) is 12. The first-order valence-electron chi connectivity index (χ1n) is 20.9. The molecule has 20 heteroatoms. The minimum Gasteiger partial charge on any atom is -0.744 e. The Bertz CT molecular complexity index is 2310. The third-order valence-corrected chi connectivity index (χ3v) is 13.4.